The molecule has 4 rings (SSSR count). The molecule has 0 bridgehead atoms. The normalized spacial score (nSPS) is 13.0. The Morgan fingerprint density at radius 1 is 1.03 bits per heavy atom. The first-order chi connectivity index (χ1) is 17.4. The largest absolute Gasteiger partial charge is 0.486 e. The van der Waals surface area contributed by atoms with Crippen LogP contribution in [0.3, 0.4) is 0 Å². The van der Waals surface area contributed by atoms with E-state index in [1.54, 1.807) is 27.8 Å². The molecule has 2 aromatic heterocycles. The van der Waals surface area contributed by atoms with Gasteiger partial charge in [-0.1, -0.05) is 35.4 Å². The first-order valence-electron chi connectivity index (χ1n) is 12.1. The molecule has 0 unspecified atom stereocenters. The average Bonchev–Trinajstić information content (AvgIpc) is 3.09. The summed E-state index contributed by atoms with van der Waals surface area (Å²) in [6, 6.07) is 13.1. The van der Waals surface area contributed by atoms with Crippen molar-refractivity contribution in [2.45, 2.75) is 46.3 Å². The summed E-state index contributed by atoms with van der Waals surface area (Å²) >= 11 is 0. The molecule has 1 aliphatic rings. The highest BCUT2D eigenvalue weighted by molar-refractivity contribution is 5.93. The van der Waals surface area contributed by atoms with Crippen LogP contribution in [-0.4, -0.2) is 46.5 Å². The summed E-state index contributed by atoms with van der Waals surface area (Å²) < 4.78 is 12.4. The fourth-order valence-corrected chi connectivity index (χ4v) is 4.69. The molecule has 0 fully saturated rings. The molecule has 1 aromatic carbocycles. The predicted octanol–water partition coefficient (Wildman–Crippen LogP) is 3.24. The van der Waals surface area contributed by atoms with Crippen LogP contribution in [0.1, 0.15) is 44.9 Å². The first-order valence-corrected chi connectivity index (χ1v) is 12.1. The number of aromatic nitrogens is 2. The summed E-state index contributed by atoms with van der Waals surface area (Å²) in [4.78, 5) is 44.8. The summed E-state index contributed by atoms with van der Waals surface area (Å²) in [6.07, 6.45) is 3.04. The second-order valence-electron chi connectivity index (χ2n) is 9.05. The Balaban J connectivity index is 1.52. The van der Waals surface area contributed by atoms with Crippen LogP contribution in [0, 0.1) is 13.8 Å². The number of hydrogen-bond donors (Lipinski definition) is 0. The molecule has 188 valence electrons. The van der Waals surface area contributed by atoms with Crippen molar-refractivity contribution in [2.75, 3.05) is 20.2 Å². The van der Waals surface area contributed by atoms with Crippen molar-refractivity contribution in [3.63, 3.8) is 0 Å². The fourth-order valence-electron chi connectivity index (χ4n) is 4.69. The number of carbonyl (C=O) groups is 2. The zero-order chi connectivity index (χ0) is 25.7. The summed E-state index contributed by atoms with van der Waals surface area (Å²) in [5, 5.41) is 0. The third-order valence-electron chi connectivity index (χ3n) is 6.35. The van der Waals surface area contributed by atoms with E-state index in [0.717, 1.165) is 5.56 Å². The number of aryl methyl sites for hydroxylation is 3. The van der Waals surface area contributed by atoms with Gasteiger partial charge in [0.05, 0.1) is 12.8 Å². The molecule has 0 radical (unpaired) electrons. The predicted molar refractivity (Wildman–Crippen MR) is 135 cm³/mol. The number of hydrogen-bond acceptors (Lipinski definition) is 6. The smallest absolute Gasteiger partial charge is 0.343 e. The van der Waals surface area contributed by atoms with E-state index in [1.165, 1.54) is 24.3 Å². The monoisotopic (exact) mass is 489 g/mol. The molecular formula is C28H31N3O5. The lowest BCUT2D eigenvalue weighted by molar-refractivity contribution is -0.131. The molecule has 1 amide bonds. The molecule has 0 N–H and O–H groups in total. The number of pyridine rings is 2. The molecule has 36 heavy (non-hydrogen) atoms. The van der Waals surface area contributed by atoms with Crippen molar-refractivity contribution in [3.8, 4) is 5.75 Å². The lowest BCUT2D eigenvalue weighted by Gasteiger charge is -2.20. The van der Waals surface area contributed by atoms with Crippen LogP contribution in [0.2, 0.25) is 0 Å². The van der Waals surface area contributed by atoms with Crippen LogP contribution in [0.25, 0.3) is 0 Å². The van der Waals surface area contributed by atoms with Crippen LogP contribution >= 0.6 is 0 Å². The van der Waals surface area contributed by atoms with Gasteiger partial charge < -0.3 is 18.9 Å². The van der Waals surface area contributed by atoms with Gasteiger partial charge in [0.2, 0.25) is 5.91 Å². The highest BCUT2D eigenvalue weighted by atomic mass is 16.5. The number of ether oxygens (including phenoxy) is 2. The number of esters is 1. The minimum absolute atomic E-state index is 0.0289. The van der Waals surface area contributed by atoms with Crippen LogP contribution < -0.4 is 10.3 Å². The first kappa shape index (κ1) is 25.2. The Labute approximate surface area is 210 Å². The lowest BCUT2D eigenvalue weighted by atomic mass is 10.0. The van der Waals surface area contributed by atoms with Crippen molar-refractivity contribution in [1.82, 2.24) is 14.5 Å². The van der Waals surface area contributed by atoms with Crippen molar-refractivity contribution in [1.29, 1.82) is 0 Å². The Hall–Kier alpha value is -3.94. The maximum absolute atomic E-state index is 13.0. The maximum Gasteiger partial charge on any atom is 0.343 e. The standard InChI is InChI=1S/C28H31N3O5/c1-19-14-20(2)16-21(15-19)7-8-25(32)30-11-9-23-27(28(34)35-3)24(17-26(33)31(23)13-12-30)36-18-22-6-4-5-10-29-22/h4-6,10,14-17H,7-9,11-13,18H2,1-3H3. The fraction of sp³-hybridized carbons (Fsp3) is 0.357. The second kappa shape index (κ2) is 11.2. The Morgan fingerprint density at radius 3 is 2.50 bits per heavy atom. The second-order valence-corrected chi connectivity index (χ2v) is 9.05. The zero-order valence-corrected chi connectivity index (χ0v) is 21.0. The molecule has 8 heteroatoms. The minimum Gasteiger partial charge on any atom is -0.486 e. The van der Waals surface area contributed by atoms with E-state index in [4.69, 9.17) is 9.47 Å². The van der Waals surface area contributed by atoms with E-state index in [9.17, 15) is 14.4 Å². The number of methoxy groups -OCH3 is 1. The van der Waals surface area contributed by atoms with Crippen LogP contribution in [0.4, 0.5) is 0 Å². The molecule has 3 aromatic rings. The summed E-state index contributed by atoms with van der Waals surface area (Å²) in [5.74, 6) is -0.385. The van der Waals surface area contributed by atoms with Gasteiger partial charge in [0.25, 0.3) is 5.56 Å². The maximum atomic E-state index is 13.0. The highest BCUT2D eigenvalue weighted by Crippen LogP contribution is 2.25. The molecule has 0 saturated heterocycles. The zero-order valence-electron chi connectivity index (χ0n) is 21.0. The van der Waals surface area contributed by atoms with Gasteiger partial charge in [0, 0.05) is 50.4 Å². The van der Waals surface area contributed by atoms with E-state index in [1.807, 2.05) is 6.07 Å². The van der Waals surface area contributed by atoms with Gasteiger partial charge in [0.15, 0.2) is 0 Å². The van der Waals surface area contributed by atoms with E-state index in [0.29, 0.717) is 50.3 Å². The Bertz CT molecular complexity index is 1300. The number of rotatable bonds is 7. The number of nitrogens with zero attached hydrogens (tertiary/aromatic N) is 3. The highest BCUT2D eigenvalue weighted by Gasteiger charge is 2.27. The molecule has 1 aliphatic heterocycles. The summed E-state index contributed by atoms with van der Waals surface area (Å²) in [5.41, 5.74) is 4.63. The molecular weight excluding hydrogens is 458 g/mol. The molecule has 3 heterocycles. The van der Waals surface area contributed by atoms with Gasteiger partial charge >= 0.3 is 5.97 Å². The number of amides is 1. The van der Waals surface area contributed by atoms with E-state index in [2.05, 4.69) is 37.0 Å². The van der Waals surface area contributed by atoms with Gasteiger partial charge in [-0.3, -0.25) is 14.6 Å². The third kappa shape index (κ3) is 5.82. The van der Waals surface area contributed by atoms with Gasteiger partial charge in [-0.05, 0) is 38.0 Å². The minimum atomic E-state index is -0.579. The Kier molecular flexibility index (Phi) is 7.83. The molecule has 0 saturated carbocycles. The molecule has 0 aliphatic carbocycles. The quantitative estimate of drug-likeness (QED) is 0.473. The Morgan fingerprint density at radius 2 is 1.81 bits per heavy atom. The van der Waals surface area contributed by atoms with Gasteiger partial charge in [-0.15, -0.1) is 0 Å². The van der Waals surface area contributed by atoms with Crippen molar-refractivity contribution in [3.05, 3.63) is 92.7 Å². The van der Waals surface area contributed by atoms with Gasteiger partial charge in [-0.25, -0.2) is 4.79 Å². The molecule has 0 atom stereocenters. The van der Waals surface area contributed by atoms with Crippen molar-refractivity contribution < 1.29 is 19.1 Å². The van der Waals surface area contributed by atoms with Gasteiger partial charge in [0.1, 0.15) is 17.9 Å². The van der Waals surface area contributed by atoms with Crippen molar-refractivity contribution in [2.24, 2.45) is 0 Å². The summed E-state index contributed by atoms with van der Waals surface area (Å²) in [6.45, 7) is 5.31. The SMILES string of the molecule is COC(=O)c1c(OCc2ccccn2)cc(=O)n2c1CCN(C(=O)CCc1cc(C)cc(C)c1)CC2. The summed E-state index contributed by atoms with van der Waals surface area (Å²) in [7, 11) is 1.30. The van der Waals surface area contributed by atoms with Crippen LogP contribution in [0.5, 0.6) is 5.75 Å². The van der Waals surface area contributed by atoms with E-state index < -0.39 is 5.97 Å². The molecule has 8 nitrogen and oxygen atoms in total. The van der Waals surface area contributed by atoms with E-state index in [-0.39, 0.29) is 29.4 Å². The van der Waals surface area contributed by atoms with Crippen molar-refractivity contribution >= 4 is 11.9 Å². The number of benzene rings is 1. The molecule has 0 spiro atoms. The number of carbonyl (C=O) groups excluding carboxylic acids is 2. The third-order valence-corrected chi connectivity index (χ3v) is 6.35. The van der Waals surface area contributed by atoms with Gasteiger partial charge in [-0.2, -0.15) is 0 Å². The van der Waals surface area contributed by atoms with Crippen LogP contribution in [-0.2, 0) is 35.5 Å². The van der Waals surface area contributed by atoms with Crippen LogP contribution in [0.15, 0.2) is 53.5 Å². The van der Waals surface area contributed by atoms with E-state index >= 15 is 0 Å². The number of fused-ring (bicyclic) bond motifs is 1. The average molecular weight is 490 g/mol. The lowest BCUT2D eigenvalue weighted by Crippen LogP contribution is -2.34. The topological polar surface area (TPSA) is 90.7 Å².